The van der Waals surface area contributed by atoms with Crippen LogP contribution in [0.1, 0.15) is 12.8 Å². The third-order valence-corrected chi connectivity index (χ3v) is 5.68. The van der Waals surface area contributed by atoms with Gasteiger partial charge in [-0.1, -0.05) is 48.5 Å². The van der Waals surface area contributed by atoms with E-state index in [4.69, 9.17) is 0 Å². The first kappa shape index (κ1) is 19.9. The number of benzene rings is 2. The molecule has 1 aliphatic heterocycles. The first-order chi connectivity index (χ1) is 15.8. The molecule has 2 aromatic heterocycles. The van der Waals surface area contributed by atoms with Crippen molar-refractivity contribution in [2.75, 3.05) is 23.3 Å². The highest BCUT2D eigenvalue weighted by Gasteiger charge is 2.27. The Morgan fingerprint density at radius 1 is 0.969 bits per heavy atom. The second-order valence-corrected chi connectivity index (χ2v) is 7.76. The number of carbonyl (C=O) groups is 1. The van der Waals surface area contributed by atoms with E-state index in [1.54, 1.807) is 11.0 Å². The summed E-state index contributed by atoms with van der Waals surface area (Å²) in [6.07, 6.45) is 6.35. The Kier molecular flexibility index (Phi) is 5.57. The van der Waals surface area contributed by atoms with Crippen LogP contribution in [0.4, 0.5) is 11.5 Å². The number of anilines is 2. The normalized spacial score (nSPS) is 16.0. The molecule has 1 saturated heterocycles. The number of nitrogens with one attached hydrogen (secondary N) is 1. The van der Waals surface area contributed by atoms with Gasteiger partial charge in [-0.15, -0.1) is 0 Å². The van der Waals surface area contributed by atoms with E-state index in [0.717, 1.165) is 42.0 Å². The predicted octanol–water partition coefficient (Wildman–Crippen LogP) is 3.58. The fourth-order valence-electron chi connectivity index (χ4n) is 4.06. The molecule has 5 rings (SSSR count). The molecule has 0 bridgehead atoms. The molecule has 0 saturated carbocycles. The maximum absolute atomic E-state index is 13.2. The van der Waals surface area contributed by atoms with Crippen LogP contribution in [0.15, 0.2) is 79.6 Å². The van der Waals surface area contributed by atoms with Gasteiger partial charge >= 0.3 is 0 Å². The second kappa shape index (κ2) is 8.97. The van der Waals surface area contributed by atoms with Crippen LogP contribution >= 0.6 is 0 Å². The Morgan fingerprint density at radius 2 is 1.78 bits per heavy atom. The van der Waals surface area contributed by atoms with Gasteiger partial charge in [0.2, 0.25) is 5.91 Å². The summed E-state index contributed by atoms with van der Waals surface area (Å²) in [5.74, 6) is 1.34. The van der Waals surface area contributed by atoms with Gasteiger partial charge in [0.1, 0.15) is 24.8 Å². The van der Waals surface area contributed by atoms with E-state index >= 15 is 0 Å². The minimum atomic E-state index is -0.127. The number of hydrogen-bond donors (Lipinski definition) is 1. The van der Waals surface area contributed by atoms with Crippen molar-refractivity contribution in [2.45, 2.75) is 12.8 Å². The molecule has 1 aliphatic rings. The maximum Gasteiger partial charge on any atom is 0.229 e. The summed E-state index contributed by atoms with van der Waals surface area (Å²) in [6, 6.07) is 19.9. The summed E-state index contributed by atoms with van der Waals surface area (Å²) in [5.41, 5.74) is 2.93. The quantitative estimate of drug-likeness (QED) is 0.526. The fraction of sp³-hybridized carbons (Fsp3) is 0.208. The van der Waals surface area contributed by atoms with Gasteiger partial charge in [0.15, 0.2) is 5.82 Å². The van der Waals surface area contributed by atoms with Gasteiger partial charge in [-0.2, -0.15) is 5.10 Å². The van der Waals surface area contributed by atoms with E-state index in [1.807, 2.05) is 48.5 Å². The van der Waals surface area contributed by atoms with Crippen molar-refractivity contribution in [3.63, 3.8) is 0 Å². The monoisotopic (exact) mass is 425 g/mol. The molecule has 1 atom stereocenters. The molecule has 0 aliphatic carbocycles. The number of nitrogens with zero attached hydrogens (tertiary/aromatic N) is 6. The van der Waals surface area contributed by atoms with Crippen LogP contribution in [0.25, 0.3) is 16.9 Å². The highest BCUT2D eigenvalue weighted by atomic mass is 16.1. The largest absolute Gasteiger partial charge is 0.356 e. The van der Waals surface area contributed by atoms with Gasteiger partial charge in [-0.3, -0.25) is 4.79 Å². The molecule has 32 heavy (non-hydrogen) atoms. The maximum atomic E-state index is 13.2. The number of piperidine rings is 1. The standard InChI is InChI=1S/C24H23N7O/c32-24(29-21-11-5-4-10-20(21)18-7-2-1-3-8-18)19-9-6-12-30(14-19)22-13-23(27-16-26-22)31-17-25-15-28-31/h1-5,7-8,10-11,13,15-17,19H,6,9,12,14H2,(H,29,32). The summed E-state index contributed by atoms with van der Waals surface area (Å²) in [5, 5.41) is 7.29. The van der Waals surface area contributed by atoms with Crippen LogP contribution in [-0.4, -0.2) is 43.7 Å². The number of amides is 1. The van der Waals surface area contributed by atoms with Crippen LogP contribution in [0.3, 0.4) is 0 Å². The third kappa shape index (κ3) is 4.20. The number of aromatic nitrogens is 5. The molecule has 2 aromatic carbocycles. The molecule has 4 aromatic rings. The van der Waals surface area contributed by atoms with Gasteiger partial charge in [-0.05, 0) is 24.5 Å². The lowest BCUT2D eigenvalue weighted by molar-refractivity contribution is -0.120. The molecular formula is C24H23N7O. The smallest absolute Gasteiger partial charge is 0.229 e. The molecule has 1 unspecified atom stereocenters. The predicted molar refractivity (Wildman–Crippen MR) is 122 cm³/mol. The lowest BCUT2D eigenvalue weighted by atomic mass is 9.96. The summed E-state index contributed by atoms with van der Waals surface area (Å²) in [7, 11) is 0. The molecule has 1 amide bonds. The van der Waals surface area contributed by atoms with E-state index in [0.29, 0.717) is 12.4 Å². The van der Waals surface area contributed by atoms with Crippen molar-refractivity contribution in [1.82, 2.24) is 24.7 Å². The van der Waals surface area contributed by atoms with Crippen LogP contribution < -0.4 is 10.2 Å². The second-order valence-electron chi connectivity index (χ2n) is 7.76. The fourth-order valence-corrected chi connectivity index (χ4v) is 4.06. The Hall–Kier alpha value is -4.07. The lowest BCUT2D eigenvalue weighted by Gasteiger charge is -2.33. The minimum Gasteiger partial charge on any atom is -0.356 e. The molecule has 0 radical (unpaired) electrons. The molecule has 1 fully saturated rings. The third-order valence-electron chi connectivity index (χ3n) is 5.68. The molecule has 8 heteroatoms. The van der Waals surface area contributed by atoms with Crippen molar-refractivity contribution < 1.29 is 4.79 Å². The van der Waals surface area contributed by atoms with Gasteiger partial charge in [-0.25, -0.2) is 19.6 Å². The molecule has 8 nitrogen and oxygen atoms in total. The van der Waals surface area contributed by atoms with Gasteiger partial charge in [0.25, 0.3) is 0 Å². The van der Waals surface area contributed by atoms with Gasteiger partial charge in [0, 0.05) is 30.4 Å². The minimum absolute atomic E-state index is 0.0311. The Labute approximate surface area is 186 Å². The van der Waals surface area contributed by atoms with Crippen molar-refractivity contribution >= 4 is 17.4 Å². The average molecular weight is 425 g/mol. The van der Waals surface area contributed by atoms with Crippen LogP contribution in [0.5, 0.6) is 0 Å². The van der Waals surface area contributed by atoms with E-state index < -0.39 is 0 Å². The average Bonchev–Trinajstić information content (AvgIpc) is 3.40. The summed E-state index contributed by atoms with van der Waals surface area (Å²) < 4.78 is 1.60. The molecule has 1 N–H and O–H groups in total. The highest BCUT2D eigenvalue weighted by molar-refractivity contribution is 5.97. The lowest BCUT2D eigenvalue weighted by Crippen LogP contribution is -2.41. The summed E-state index contributed by atoms with van der Waals surface area (Å²) in [4.78, 5) is 28.0. The first-order valence-electron chi connectivity index (χ1n) is 10.7. The van der Waals surface area contributed by atoms with E-state index in [-0.39, 0.29) is 11.8 Å². The Morgan fingerprint density at radius 3 is 2.62 bits per heavy atom. The van der Waals surface area contributed by atoms with E-state index in [1.165, 1.54) is 12.7 Å². The molecule has 160 valence electrons. The summed E-state index contributed by atoms with van der Waals surface area (Å²) in [6.45, 7) is 1.45. The molecule has 0 spiro atoms. The number of para-hydroxylation sites is 1. The number of hydrogen-bond acceptors (Lipinski definition) is 6. The van der Waals surface area contributed by atoms with Crippen molar-refractivity contribution in [3.8, 4) is 16.9 Å². The van der Waals surface area contributed by atoms with Crippen LogP contribution in [-0.2, 0) is 4.79 Å². The van der Waals surface area contributed by atoms with Crippen LogP contribution in [0.2, 0.25) is 0 Å². The SMILES string of the molecule is O=C(Nc1ccccc1-c1ccccc1)C1CCCN(c2cc(-n3cncn3)ncn2)C1. The van der Waals surface area contributed by atoms with E-state index in [2.05, 4.69) is 42.4 Å². The van der Waals surface area contributed by atoms with Crippen LogP contribution in [0, 0.1) is 5.92 Å². The topological polar surface area (TPSA) is 88.8 Å². The number of carbonyl (C=O) groups excluding carboxylic acids is 1. The zero-order chi connectivity index (χ0) is 21.8. The zero-order valence-electron chi connectivity index (χ0n) is 17.5. The molecular weight excluding hydrogens is 402 g/mol. The number of rotatable bonds is 5. The summed E-state index contributed by atoms with van der Waals surface area (Å²) >= 11 is 0. The zero-order valence-corrected chi connectivity index (χ0v) is 17.5. The molecule has 3 heterocycles. The van der Waals surface area contributed by atoms with Gasteiger partial charge < -0.3 is 10.2 Å². The van der Waals surface area contributed by atoms with Crippen molar-refractivity contribution in [1.29, 1.82) is 0 Å². The van der Waals surface area contributed by atoms with Gasteiger partial charge in [0.05, 0.1) is 5.92 Å². The van der Waals surface area contributed by atoms with E-state index in [9.17, 15) is 4.79 Å². The Balaban J connectivity index is 1.32. The van der Waals surface area contributed by atoms with Crippen molar-refractivity contribution in [2.24, 2.45) is 5.92 Å². The first-order valence-corrected chi connectivity index (χ1v) is 10.7. The highest BCUT2D eigenvalue weighted by Crippen LogP contribution is 2.29. The van der Waals surface area contributed by atoms with Crippen molar-refractivity contribution in [3.05, 3.63) is 79.6 Å². The Bertz CT molecular complexity index is 1190.